The number of rotatable bonds is 4. The van der Waals surface area contributed by atoms with Gasteiger partial charge in [0.15, 0.2) is 0 Å². The molecule has 1 aromatic carbocycles. The summed E-state index contributed by atoms with van der Waals surface area (Å²) in [6.07, 6.45) is 2.50. The van der Waals surface area contributed by atoms with E-state index in [9.17, 15) is 9.18 Å². The van der Waals surface area contributed by atoms with E-state index in [1.165, 1.54) is 6.07 Å². The molecule has 3 atom stereocenters. The zero-order chi connectivity index (χ0) is 14.0. The van der Waals surface area contributed by atoms with Crippen LogP contribution in [0, 0.1) is 11.7 Å². The third-order valence-corrected chi connectivity index (χ3v) is 4.06. The topological polar surface area (TPSA) is 55.1 Å². The second-order valence-corrected chi connectivity index (χ2v) is 5.35. The van der Waals surface area contributed by atoms with Crippen molar-refractivity contribution in [3.63, 3.8) is 0 Å². The first-order chi connectivity index (χ1) is 9.02. The molecule has 0 bridgehead atoms. The van der Waals surface area contributed by atoms with Crippen molar-refractivity contribution in [2.45, 2.75) is 45.2 Å². The molecule has 0 saturated heterocycles. The van der Waals surface area contributed by atoms with E-state index >= 15 is 0 Å². The number of halogens is 2. The highest BCUT2D eigenvalue weighted by Crippen LogP contribution is 2.31. The van der Waals surface area contributed by atoms with Gasteiger partial charge in [-0.3, -0.25) is 4.79 Å². The van der Waals surface area contributed by atoms with Crippen LogP contribution in [0.3, 0.4) is 0 Å². The van der Waals surface area contributed by atoms with E-state index in [-0.39, 0.29) is 36.1 Å². The smallest absolute Gasteiger partial charge is 0.237 e. The van der Waals surface area contributed by atoms with Crippen molar-refractivity contribution in [1.82, 2.24) is 5.32 Å². The first-order valence-electron chi connectivity index (χ1n) is 6.87. The predicted octanol–water partition coefficient (Wildman–Crippen LogP) is 2.72. The molecule has 0 aromatic heterocycles. The SMILES string of the molecule is CCC(C)C(N)C(=O)NC1CCc2cc(F)ccc21.Cl. The maximum absolute atomic E-state index is 13.1. The van der Waals surface area contributed by atoms with Crippen molar-refractivity contribution >= 4 is 18.3 Å². The molecule has 1 aromatic rings. The lowest BCUT2D eigenvalue weighted by atomic mass is 9.98. The molecule has 0 saturated carbocycles. The van der Waals surface area contributed by atoms with Gasteiger partial charge in [0.05, 0.1) is 12.1 Å². The zero-order valence-electron chi connectivity index (χ0n) is 11.9. The Labute approximate surface area is 125 Å². The number of carbonyl (C=O) groups excluding carboxylic acids is 1. The fourth-order valence-corrected chi connectivity index (χ4v) is 2.52. The molecule has 112 valence electrons. The Morgan fingerprint density at radius 2 is 2.25 bits per heavy atom. The van der Waals surface area contributed by atoms with Gasteiger partial charge < -0.3 is 11.1 Å². The Bertz CT molecular complexity index is 481. The van der Waals surface area contributed by atoms with Crippen molar-refractivity contribution < 1.29 is 9.18 Å². The van der Waals surface area contributed by atoms with Gasteiger partial charge in [-0.25, -0.2) is 4.39 Å². The lowest BCUT2D eigenvalue weighted by Crippen LogP contribution is -2.45. The zero-order valence-corrected chi connectivity index (χ0v) is 12.7. The first kappa shape index (κ1) is 16.9. The van der Waals surface area contributed by atoms with E-state index in [1.807, 2.05) is 13.8 Å². The van der Waals surface area contributed by atoms with Gasteiger partial charge in [-0.15, -0.1) is 12.4 Å². The normalized spacial score (nSPS) is 19.7. The van der Waals surface area contributed by atoms with Crippen molar-refractivity contribution in [1.29, 1.82) is 0 Å². The largest absolute Gasteiger partial charge is 0.348 e. The number of nitrogens with two attached hydrogens (primary N) is 1. The van der Waals surface area contributed by atoms with E-state index < -0.39 is 6.04 Å². The monoisotopic (exact) mass is 300 g/mol. The van der Waals surface area contributed by atoms with Crippen molar-refractivity contribution in [3.8, 4) is 0 Å². The second-order valence-electron chi connectivity index (χ2n) is 5.35. The number of hydrogen-bond donors (Lipinski definition) is 2. The molecule has 20 heavy (non-hydrogen) atoms. The average Bonchev–Trinajstić information content (AvgIpc) is 2.79. The Morgan fingerprint density at radius 1 is 1.55 bits per heavy atom. The van der Waals surface area contributed by atoms with Crippen molar-refractivity contribution in [2.24, 2.45) is 11.7 Å². The molecule has 1 aliphatic rings. The third-order valence-electron chi connectivity index (χ3n) is 4.06. The van der Waals surface area contributed by atoms with Crippen LogP contribution in [0.15, 0.2) is 18.2 Å². The number of benzene rings is 1. The molecule has 2 rings (SSSR count). The van der Waals surface area contributed by atoms with Crippen LogP contribution in [0.2, 0.25) is 0 Å². The van der Waals surface area contributed by atoms with Crippen LogP contribution in [-0.4, -0.2) is 11.9 Å². The van der Waals surface area contributed by atoms with E-state index in [4.69, 9.17) is 5.73 Å². The molecule has 0 heterocycles. The summed E-state index contributed by atoms with van der Waals surface area (Å²) in [5, 5.41) is 2.98. The molecule has 0 radical (unpaired) electrons. The lowest BCUT2D eigenvalue weighted by molar-refractivity contribution is -0.124. The lowest BCUT2D eigenvalue weighted by Gasteiger charge is -2.21. The molecule has 3 N–H and O–H groups in total. The van der Waals surface area contributed by atoms with Gasteiger partial charge in [0.25, 0.3) is 0 Å². The van der Waals surface area contributed by atoms with Gasteiger partial charge in [0.1, 0.15) is 5.82 Å². The predicted molar refractivity (Wildman–Crippen MR) is 80.3 cm³/mol. The summed E-state index contributed by atoms with van der Waals surface area (Å²) < 4.78 is 13.1. The molecule has 3 nitrogen and oxygen atoms in total. The fourth-order valence-electron chi connectivity index (χ4n) is 2.52. The number of fused-ring (bicyclic) bond motifs is 1. The second kappa shape index (κ2) is 7.04. The quantitative estimate of drug-likeness (QED) is 0.898. The molecular weight excluding hydrogens is 279 g/mol. The van der Waals surface area contributed by atoms with Crippen LogP contribution in [0.4, 0.5) is 4.39 Å². The van der Waals surface area contributed by atoms with E-state index in [0.29, 0.717) is 0 Å². The van der Waals surface area contributed by atoms with Gasteiger partial charge >= 0.3 is 0 Å². The Balaban J connectivity index is 0.00000200. The van der Waals surface area contributed by atoms with E-state index in [2.05, 4.69) is 5.32 Å². The molecule has 0 aliphatic heterocycles. The molecule has 1 amide bonds. The first-order valence-corrected chi connectivity index (χ1v) is 6.87. The van der Waals surface area contributed by atoms with E-state index in [1.54, 1.807) is 12.1 Å². The molecular formula is C15H22ClFN2O. The summed E-state index contributed by atoms with van der Waals surface area (Å²) >= 11 is 0. The summed E-state index contributed by atoms with van der Waals surface area (Å²) in [5.74, 6) is -0.173. The summed E-state index contributed by atoms with van der Waals surface area (Å²) in [7, 11) is 0. The Morgan fingerprint density at radius 3 is 2.90 bits per heavy atom. The highest BCUT2D eigenvalue weighted by atomic mass is 35.5. The Hall–Kier alpha value is -1.13. The maximum Gasteiger partial charge on any atom is 0.237 e. The highest BCUT2D eigenvalue weighted by Gasteiger charge is 2.27. The van der Waals surface area contributed by atoms with Crippen LogP contribution in [0.1, 0.15) is 43.9 Å². The van der Waals surface area contributed by atoms with Crippen molar-refractivity contribution in [3.05, 3.63) is 35.1 Å². The fraction of sp³-hybridized carbons (Fsp3) is 0.533. The maximum atomic E-state index is 13.1. The molecule has 1 aliphatic carbocycles. The molecule has 0 spiro atoms. The van der Waals surface area contributed by atoms with Crippen molar-refractivity contribution in [2.75, 3.05) is 0 Å². The van der Waals surface area contributed by atoms with Gasteiger partial charge in [0, 0.05) is 0 Å². The number of carbonyl (C=O) groups is 1. The number of aryl methyl sites for hydroxylation is 1. The van der Waals surface area contributed by atoms with E-state index in [0.717, 1.165) is 30.4 Å². The average molecular weight is 301 g/mol. The minimum absolute atomic E-state index is 0. The minimum Gasteiger partial charge on any atom is -0.348 e. The summed E-state index contributed by atoms with van der Waals surface area (Å²) in [4.78, 5) is 12.1. The van der Waals surface area contributed by atoms with Crippen LogP contribution in [0.5, 0.6) is 0 Å². The standard InChI is InChI=1S/C15H21FN2O.ClH/c1-3-9(2)14(17)15(19)18-13-7-4-10-8-11(16)5-6-12(10)13;/h5-6,8-9,13-14H,3-4,7,17H2,1-2H3,(H,18,19);1H. The van der Waals surface area contributed by atoms with Crippen LogP contribution in [-0.2, 0) is 11.2 Å². The molecule has 0 fully saturated rings. The van der Waals surface area contributed by atoms with Gasteiger partial charge in [-0.05, 0) is 42.0 Å². The van der Waals surface area contributed by atoms with Gasteiger partial charge in [-0.1, -0.05) is 26.3 Å². The number of nitrogens with one attached hydrogen (secondary N) is 1. The Kier molecular flexibility index (Phi) is 5.96. The van der Waals surface area contributed by atoms with Crippen LogP contribution < -0.4 is 11.1 Å². The van der Waals surface area contributed by atoms with Gasteiger partial charge in [-0.2, -0.15) is 0 Å². The molecule has 3 unspecified atom stereocenters. The minimum atomic E-state index is -0.477. The van der Waals surface area contributed by atoms with Crippen LogP contribution >= 0.6 is 12.4 Å². The number of hydrogen-bond acceptors (Lipinski definition) is 2. The summed E-state index contributed by atoms with van der Waals surface area (Å²) in [6.45, 7) is 3.99. The molecule has 5 heteroatoms. The number of amides is 1. The summed E-state index contributed by atoms with van der Waals surface area (Å²) in [5.41, 5.74) is 7.93. The summed E-state index contributed by atoms with van der Waals surface area (Å²) in [6, 6.07) is 4.25. The third kappa shape index (κ3) is 3.49. The van der Waals surface area contributed by atoms with Crippen LogP contribution in [0.25, 0.3) is 0 Å². The highest BCUT2D eigenvalue weighted by molar-refractivity contribution is 5.85. The van der Waals surface area contributed by atoms with Gasteiger partial charge in [0.2, 0.25) is 5.91 Å².